The third kappa shape index (κ3) is 3.08. The second kappa shape index (κ2) is 5.49. The van der Waals surface area contributed by atoms with Crippen LogP contribution in [0.2, 0.25) is 0 Å². The molecule has 7 nitrogen and oxygen atoms in total. The number of nitrogens with one attached hydrogen (secondary N) is 1. The van der Waals surface area contributed by atoms with E-state index in [1.54, 1.807) is 0 Å². The number of anilines is 2. The van der Waals surface area contributed by atoms with E-state index in [0.29, 0.717) is 6.07 Å². The highest BCUT2D eigenvalue weighted by Crippen LogP contribution is 2.20. The Kier molecular flexibility index (Phi) is 3.74. The van der Waals surface area contributed by atoms with E-state index in [0.717, 1.165) is 24.4 Å². The van der Waals surface area contributed by atoms with Gasteiger partial charge >= 0.3 is 0 Å². The molecule has 108 valence electrons. The molecule has 3 N–H and O–H groups in total. The molecule has 0 aliphatic carbocycles. The van der Waals surface area contributed by atoms with Gasteiger partial charge in [-0.25, -0.2) is 13.8 Å². The number of nitrogens with zero attached hydrogens (tertiary/aromatic N) is 2. The topological polar surface area (TPSA) is 111 Å². The van der Waals surface area contributed by atoms with Gasteiger partial charge in [-0.1, -0.05) is 0 Å². The van der Waals surface area contributed by atoms with Crippen LogP contribution in [0.25, 0.3) is 0 Å². The van der Waals surface area contributed by atoms with E-state index in [2.05, 4.69) is 10.3 Å². The molecule has 0 aliphatic rings. The number of benzene rings is 1. The van der Waals surface area contributed by atoms with Gasteiger partial charge in [0, 0.05) is 12.1 Å². The molecular formula is C12H8F2N4O3. The van der Waals surface area contributed by atoms with Gasteiger partial charge in [0.1, 0.15) is 23.6 Å². The van der Waals surface area contributed by atoms with Crippen LogP contribution in [0.4, 0.5) is 26.0 Å². The van der Waals surface area contributed by atoms with Crippen molar-refractivity contribution in [3.63, 3.8) is 0 Å². The Morgan fingerprint density at radius 1 is 1.33 bits per heavy atom. The lowest BCUT2D eigenvalue weighted by Gasteiger charge is -2.07. The van der Waals surface area contributed by atoms with Crippen LogP contribution in [0.1, 0.15) is 10.4 Å². The summed E-state index contributed by atoms with van der Waals surface area (Å²) in [5.74, 6) is -2.93. The number of carbonyl (C=O) groups is 1. The molecule has 0 radical (unpaired) electrons. The van der Waals surface area contributed by atoms with E-state index in [1.807, 2.05) is 0 Å². The number of rotatable bonds is 3. The van der Waals surface area contributed by atoms with Crippen molar-refractivity contribution >= 4 is 23.1 Å². The highest BCUT2D eigenvalue weighted by atomic mass is 19.1. The van der Waals surface area contributed by atoms with Crippen molar-refractivity contribution in [1.82, 2.24) is 4.98 Å². The molecule has 0 bridgehead atoms. The minimum atomic E-state index is -0.986. The molecule has 0 atom stereocenters. The zero-order chi connectivity index (χ0) is 15.6. The molecule has 1 heterocycles. The first-order chi connectivity index (χ1) is 9.88. The summed E-state index contributed by atoms with van der Waals surface area (Å²) in [6, 6.07) is 3.47. The molecule has 1 aromatic carbocycles. The van der Waals surface area contributed by atoms with Crippen molar-refractivity contribution in [2.45, 2.75) is 0 Å². The standard InChI is InChI=1S/C12H8F2N4O3/c13-6-1-2-10(9(14)3-6)17-12(19)8-4-7(18(20)21)5-16-11(8)15/h1-5H,(H2,15,16)(H,17,19). The maximum Gasteiger partial charge on any atom is 0.288 e. The summed E-state index contributed by atoms with van der Waals surface area (Å²) >= 11 is 0. The number of pyridine rings is 1. The van der Waals surface area contributed by atoms with Crippen LogP contribution in [0, 0.1) is 21.7 Å². The minimum absolute atomic E-state index is 0.249. The monoisotopic (exact) mass is 294 g/mol. The lowest BCUT2D eigenvalue weighted by atomic mass is 10.2. The van der Waals surface area contributed by atoms with Gasteiger partial charge in [-0.3, -0.25) is 14.9 Å². The van der Waals surface area contributed by atoms with Crippen LogP contribution >= 0.6 is 0 Å². The Morgan fingerprint density at radius 2 is 2.05 bits per heavy atom. The summed E-state index contributed by atoms with van der Waals surface area (Å²) < 4.78 is 26.2. The van der Waals surface area contributed by atoms with Gasteiger partial charge < -0.3 is 11.1 Å². The Morgan fingerprint density at radius 3 is 2.67 bits per heavy atom. The summed E-state index contributed by atoms with van der Waals surface area (Å²) in [4.78, 5) is 25.3. The van der Waals surface area contributed by atoms with Crippen LogP contribution in [0.5, 0.6) is 0 Å². The predicted molar refractivity (Wildman–Crippen MR) is 69.6 cm³/mol. The number of amides is 1. The van der Waals surface area contributed by atoms with E-state index in [-0.39, 0.29) is 17.1 Å². The summed E-state index contributed by atoms with van der Waals surface area (Å²) in [7, 11) is 0. The smallest absolute Gasteiger partial charge is 0.288 e. The summed E-state index contributed by atoms with van der Waals surface area (Å²) in [5, 5.41) is 12.8. The molecule has 0 unspecified atom stereocenters. The number of carbonyl (C=O) groups excluding carboxylic acids is 1. The van der Waals surface area contributed by atoms with Crippen molar-refractivity contribution < 1.29 is 18.5 Å². The summed E-state index contributed by atoms with van der Waals surface area (Å²) in [6.07, 6.45) is 0.893. The number of nitrogens with two attached hydrogens (primary N) is 1. The number of hydrogen-bond donors (Lipinski definition) is 2. The number of halogens is 2. The van der Waals surface area contributed by atoms with E-state index in [1.165, 1.54) is 0 Å². The first-order valence-electron chi connectivity index (χ1n) is 5.55. The fraction of sp³-hybridized carbons (Fsp3) is 0. The first kappa shape index (κ1) is 14.3. The third-order valence-corrected chi connectivity index (χ3v) is 2.54. The molecule has 2 aromatic rings. The number of aromatic nitrogens is 1. The zero-order valence-corrected chi connectivity index (χ0v) is 10.3. The number of nitro groups is 1. The van der Waals surface area contributed by atoms with Crippen LogP contribution < -0.4 is 11.1 Å². The molecule has 0 fully saturated rings. The van der Waals surface area contributed by atoms with Crippen LogP contribution in [0.15, 0.2) is 30.5 Å². The molecule has 0 saturated carbocycles. The SMILES string of the molecule is Nc1ncc([N+](=O)[O-])cc1C(=O)Nc1ccc(F)cc1F. The van der Waals surface area contributed by atoms with Gasteiger partial charge in [-0.05, 0) is 12.1 Å². The molecular weight excluding hydrogens is 286 g/mol. The van der Waals surface area contributed by atoms with Gasteiger partial charge in [-0.15, -0.1) is 0 Å². The van der Waals surface area contributed by atoms with Crippen molar-refractivity contribution in [3.05, 3.63) is 57.8 Å². The second-order valence-corrected chi connectivity index (χ2v) is 3.96. The number of hydrogen-bond acceptors (Lipinski definition) is 5. The van der Waals surface area contributed by atoms with E-state index < -0.39 is 28.2 Å². The quantitative estimate of drug-likeness (QED) is 0.665. The lowest BCUT2D eigenvalue weighted by molar-refractivity contribution is -0.385. The molecule has 2 rings (SSSR count). The normalized spacial score (nSPS) is 10.2. The molecule has 1 aromatic heterocycles. The lowest BCUT2D eigenvalue weighted by Crippen LogP contribution is -2.16. The van der Waals surface area contributed by atoms with Gasteiger partial charge in [0.2, 0.25) is 0 Å². The first-order valence-corrected chi connectivity index (χ1v) is 5.55. The van der Waals surface area contributed by atoms with Crippen LogP contribution in [-0.2, 0) is 0 Å². The largest absolute Gasteiger partial charge is 0.383 e. The highest BCUT2D eigenvalue weighted by Gasteiger charge is 2.18. The Hall–Kier alpha value is -3.10. The van der Waals surface area contributed by atoms with Gasteiger partial charge in [0.25, 0.3) is 11.6 Å². The molecule has 0 saturated heterocycles. The van der Waals surface area contributed by atoms with Crippen molar-refractivity contribution in [1.29, 1.82) is 0 Å². The maximum absolute atomic E-state index is 13.4. The molecule has 1 amide bonds. The van der Waals surface area contributed by atoms with Gasteiger partial charge in [-0.2, -0.15) is 0 Å². The fourth-order valence-corrected chi connectivity index (χ4v) is 1.53. The predicted octanol–water partition coefficient (Wildman–Crippen LogP) is 2.10. The van der Waals surface area contributed by atoms with Crippen molar-refractivity contribution in [2.24, 2.45) is 0 Å². The summed E-state index contributed by atoms with van der Waals surface area (Å²) in [5.41, 5.74) is 4.45. The minimum Gasteiger partial charge on any atom is -0.383 e. The van der Waals surface area contributed by atoms with Gasteiger partial charge in [0.15, 0.2) is 0 Å². The molecule has 0 spiro atoms. The van der Waals surface area contributed by atoms with E-state index >= 15 is 0 Å². The van der Waals surface area contributed by atoms with E-state index in [4.69, 9.17) is 5.73 Å². The second-order valence-electron chi connectivity index (χ2n) is 3.96. The van der Waals surface area contributed by atoms with E-state index in [9.17, 15) is 23.7 Å². The van der Waals surface area contributed by atoms with Crippen molar-refractivity contribution in [3.8, 4) is 0 Å². The average molecular weight is 294 g/mol. The molecule has 21 heavy (non-hydrogen) atoms. The zero-order valence-electron chi connectivity index (χ0n) is 10.3. The average Bonchev–Trinajstić information content (AvgIpc) is 2.42. The van der Waals surface area contributed by atoms with Gasteiger partial charge in [0.05, 0.1) is 16.2 Å². The fourth-order valence-electron chi connectivity index (χ4n) is 1.53. The van der Waals surface area contributed by atoms with Crippen LogP contribution in [-0.4, -0.2) is 15.8 Å². The Balaban J connectivity index is 2.32. The maximum atomic E-state index is 13.4. The van der Waals surface area contributed by atoms with Crippen LogP contribution in [0.3, 0.4) is 0 Å². The number of nitrogen functional groups attached to an aromatic ring is 1. The third-order valence-electron chi connectivity index (χ3n) is 2.54. The Bertz CT molecular complexity index is 736. The van der Waals surface area contributed by atoms with Crippen molar-refractivity contribution in [2.75, 3.05) is 11.1 Å². The summed E-state index contributed by atoms with van der Waals surface area (Å²) in [6.45, 7) is 0. The molecule has 9 heteroatoms. The Labute approximate surface area is 116 Å². The highest BCUT2D eigenvalue weighted by molar-refractivity contribution is 6.07. The molecule has 0 aliphatic heterocycles.